The Labute approximate surface area is 253 Å². The third-order valence-electron chi connectivity index (χ3n) is 7.93. The van der Waals surface area contributed by atoms with E-state index in [0.717, 1.165) is 61.0 Å². The van der Waals surface area contributed by atoms with E-state index in [1.165, 1.54) is 12.1 Å². The van der Waals surface area contributed by atoms with Gasteiger partial charge in [-0.3, -0.25) is 0 Å². The van der Waals surface area contributed by atoms with Crippen LogP contribution >= 0.6 is 0 Å². The Morgan fingerprint density at radius 3 is 2.60 bits per heavy atom. The highest BCUT2D eigenvalue weighted by molar-refractivity contribution is 5.61. The first-order valence-electron chi connectivity index (χ1n) is 15.2. The van der Waals surface area contributed by atoms with Crippen molar-refractivity contribution >= 4 is 5.69 Å². The van der Waals surface area contributed by atoms with Gasteiger partial charge in [-0.1, -0.05) is 24.3 Å². The van der Waals surface area contributed by atoms with Crippen LogP contribution in [0.25, 0.3) is 0 Å². The van der Waals surface area contributed by atoms with Crippen molar-refractivity contribution < 1.29 is 33.2 Å². The van der Waals surface area contributed by atoms with Crippen LogP contribution in [0.1, 0.15) is 29.9 Å². The van der Waals surface area contributed by atoms with Crippen LogP contribution in [-0.2, 0) is 16.1 Å². The largest absolute Gasteiger partial charge is 0.493 e. The molecule has 0 amide bonds. The molecule has 0 radical (unpaired) electrons. The Morgan fingerprint density at radius 2 is 1.79 bits per heavy atom. The minimum Gasteiger partial charge on any atom is -0.493 e. The average Bonchev–Trinajstić information content (AvgIpc) is 3.02. The molecule has 3 aromatic rings. The number of anilines is 1. The van der Waals surface area contributed by atoms with E-state index in [4.69, 9.17) is 23.7 Å². The van der Waals surface area contributed by atoms with Crippen LogP contribution in [0.3, 0.4) is 0 Å². The highest BCUT2D eigenvalue weighted by Gasteiger charge is 2.33. The average molecular weight is 595 g/mol. The van der Waals surface area contributed by atoms with Gasteiger partial charge < -0.3 is 39.0 Å². The van der Waals surface area contributed by atoms with Gasteiger partial charge in [-0.2, -0.15) is 0 Å². The first kappa shape index (κ1) is 31.1. The zero-order valence-corrected chi connectivity index (χ0v) is 24.9. The second-order valence-electron chi connectivity index (χ2n) is 11.1. The summed E-state index contributed by atoms with van der Waals surface area (Å²) < 4.78 is 42.1. The molecule has 2 aliphatic rings. The molecule has 2 N–H and O–H groups in total. The van der Waals surface area contributed by atoms with E-state index in [2.05, 4.69) is 22.3 Å². The Hall–Kier alpha value is -3.37. The van der Waals surface area contributed by atoms with Crippen LogP contribution < -0.4 is 24.4 Å². The molecule has 0 aromatic heterocycles. The first-order valence-corrected chi connectivity index (χ1v) is 15.2. The Morgan fingerprint density at radius 1 is 0.953 bits per heavy atom. The lowest BCUT2D eigenvalue weighted by Crippen LogP contribution is -2.47. The summed E-state index contributed by atoms with van der Waals surface area (Å²) in [5, 5.41) is 14.3. The smallest absolute Gasteiger partial charge is 0.142 e. The molecule has 3 atom stereocenters. The minimum atomic E-state index is -0.504. The summed E-state index contributed by atoms with van der Waals surface area (Å²) in [6.45, 7) is 6.50. The van der Waals surface area contributed by atoms with Gasteiger partial charge >= 0.3 is 0 Å². The van der Waals surface area contributed by atoms with Gasteiger partial charge in [0.1, 0.15) is 29.7 Å². The predicted molar refractivity (Wildman–Crippen MR) is 164 cm³/mol. The van der Waals surface area contributed by atoms with Crippen LogP contribution in [0.15, 0.2) is 66.7 Å². The molecule has 3 aromatic carbocycles. The van der Waals surface area contributed by atoms with Crippen LogP contribution in [0, 0.1) is 11.7 Å². The van der Waals surface area contributed by atoms with E-state index >= 15 is 0 Å². The summed E-state index contributed by atoms with van der Waals surface area (Å²) in [5.41, 5.74) is 3.28. The molecule has 43 heavy (non-hydrogen) atoms. The maximum Gasteiger partial charge on any atom is 0.142 e. The maximum absolute atomic E-state index is 13.3. The van der Waals surface area contributed by atoms with Crippen molar-refractivity contribution in [1.82, 2.24) is 5.32 Å². The molecule has 0 spiro atoms. The van der Waals surface area contributed by atoms with Crippen molar-refractivity contribution in [3.63, 3.8) is 0 Å². The van der Waals surface area contributed by atoms with Crippen molar-refractivity contribution in [3.8, 4) is 17.2 Å². The predicted octanol–water partition coefficient (Wildman–Crippen LogP) is 4.79. The Bertz CT molecular complexity index is 1280. The summed E-state index contributed by atoms with van der Waals surface area (Å²) >= 11 is 0. The molecular formula is C34H43FN2O6. The van der Waals surface area contributed by atoms with Crippen molar-refractivity contribution in [1.29, 1.82) is 0 Å². The molecule has 2 aliphatic heterocycles. The van der Waals surface area contributed by atoms with Crippen LogP contribution in [0.4, 0.5) is 10.1 Å². The van der Waals surface area contributed by atoms with Gasteiger partial charge in [0.25, 0.3) is 0 Å². The van der Waals surface area contributed by atoms with Crippen molar-refractivity contribution in [2.45, 2.75) is 31.5 Å². The molecule has 8 nitrogen and oxygen atoms in total. The SMILES string of the molecule is COCCCN1CCOc2ccc(COC[C@H]3CNC[C@@H](O)[C@@H]3c3ccc(OCCCOc4cccc(F)c4)cc3)cc21. The molecule has 0 saturated carbocycles. The fourth-order valence-corrected chi connectivity index (χ4v) is 5.79. The second kappa shape index (κ2) is 15.9. The van der Waals surface area contributed by atoms with Crippen LogP contribution in [0.5, 0.6) is 17.2 Å². The summed E-state index contributed by atoms with van der Waals surface area (Å²) in [6, 6.07) is 20.4. The lowest BCUT2D eigenvalue weighted by molar-refractivity contribution is 0.0250. The van der Waals surface area contributed by atoms with Gasteiger partial charge in [-0.15, -0.1) is 0 Å². The topological polar surface area (TPSA) is 81.7 Å². The molecule has 0 bridgehead atoms. The molecule has 9 heteroatoms. The number of hydrogen-bond donors (Lipinski definition) is 2. The number of hydrogen-bond acceptors (Lipinski definition) is 8. The third kappa shape index (κ3) is 8.83. The first-order chi connectivity index (χ1) is 21.1. The van der Waals surface area contributed by atoms with Crippen LogP contribution in [-0.4, -0.2) is 77.5 Å². The van der Waals surface area contributed by atoms with E-state index in [1.807, 2.05) is 30.3 Å². The van der Waals surface area contributed by atoms with Crippen LogP contribution in [0.2, 0.25) is 0 Å². The molecule has 2 heterocycles. The van der Waals surface area contributed by atoms with E-state index in [-0.39, 0.29) is 17.7 Å². The van der Waals surface area contributed by atoms with Gasteiger partial charge in [0.15, 0.2) is 0 Å². The Kier molecular flexibility index (Phi) is 11.5. The number of nitrogens with zero attached hydrogens (tertiary/aromatic N) is 1. The number of fused-ring (bicyclic) bond motifs is 1. The summed E-state index contributed by atoms with van der Waals surface area (Å²) in [5.74, 6) is 1.97. The standard InChI is InChI=1S/C34H43FN2O6/c1-39-15-3-13-37-14-18-43-33-12-7-25(19-31(33)37)23-40-24-27-21-36-22-32(38)34(27)26-8-10-29(11-9-26)41-16-4-17-42-30-6-2-5-28(35)20-30/h2,5-12,19-20,27,32,34,36,38H,3-4,13-18,21-24H2,1H3/t27-,32-,34-/m1/s1. The molecule has 1 fully saturated rings. The number of β-amino-alcohol motifs (C(OH)–C–C–N with tert-alkyl or cyclic N) is 1. The number of halogens is 1. The molecule has 0 unspecified atom stereocenters. The third-order valence-corrected chi connectivity index (χ3v) is 7.93. The number of aliphatic hydroxyl groups is 1. The lowest BCUT2D eigenvalue weighted by atomic mass is 9.79. The molecule has 1 saturated heterocycles. The van der Waals surface area contributed by atoms with E-state index in [0.29, 0.717) is 51.7 Å². The van der Waals surface area contributed by atoms with E-state index < -0.39 is 6.10 Å². The number of benzene rings is 3. The van der Waals surface area contributed by atoms with Gasteiger partial charge in [0.05, 0.1) is 44.8 Å². The van der Waals surface area contributed by atoms with Crippen molar-refractivity contribution in [2.75, 3.05) is 71.2 Å². The summed E-state index contributed by atoms with van der Waals surface area (Å²) in [4.78, 5) is 2.35. The molecule has 5 rings (SSSR count). The number of methoxy groups -OCH3 is 1. The van der Waals surface area contributed by atoms with E-state index in [1.54, 1.807) is 19.2 Å². The van der Waals surface area contributed by atoms with Gasteiger partial charge in [0.2, 0.25) is 0 Å². The summed E-state index contributed by atoms with van der Waals surface area (Å²) in [7, 11) is 1.73. The number of piperidine rings is 1. The number of ether oxygens (including phenoxy) is 5. The molecule has 0 aliphatic carbocycles. The van der Waals surface area contributed by atoms with Gasteiger partial charge in [-0.05, 0) is 53.9 Å². The van der Waals surface area contributed by atoms with Gasteiger partial charge in [-0.25, -0.2) is 4.39 Å². The highest BCUT2D eigenvalue weighted by Crippen LogP contribution is 2.34. The number of rotatable bonds is 15. The zero-order valence-electron chi connectivity index (χ0n) is 24.9. The zero-order chi connectivity index (χ0) is 29.9. The van der Waals surface area contributed by atoms with E-state index in [9.17, 15) is 9.50 Å². The second-order valence-corrected chi connectivity index (χ2v) is 11.1. The quantitative estimate of drug-likeness (QED) is 0.243. The number of nitrogens with one attached hydrogen (secondary N) is 1. The monoisotopic (exact) mass is 594 g/mol. The fourth-order valence-electron chi connectivity index (χ4n) is 5.79. The Balaban J connectivity index is 1.10. The number of aliphatic hydroxyl groups excluding tert-OH is 1. The van der Waals surface area contributed by atoms with Crippen molar-refractivity contribution in [2.24, 2.45) is 5.92 Å². The molecule has 232 valence electrons. The summed E-state index contributed by atoms with van der Waals surface area (Å²) in [6.07, 6.45) is 1.14. The minimum absolute atomic E-state index is 0.0387. The highest BCUT2D eigenvalue weighted by atomic mass is 19.1. The maximum atomic E-state index is 13.3. The van der Waals surface area contributed by atoms with Gasteiger partial charge in [0, 0.05) is 57.7 Å². The van der Waals surface area contributed by atoms with Crippen molar-refractivity contribution in [3.05, 3.63) is 83.7 Å². The lowest BCUT2D eigenvalue weighted by Gasteiger charge is -2.36. The normalized spacial score (nSPS) is 19.9. The fraction of sp³-hybridized carbons (Fsp3) is 0.471. The molecular weight excluding hydrogens is 551 g/mol.